The fourth-order valence-corrected chi connectivity index (χ4v) is 3.64. The number of rotatable bonds is 5. The van der Waals surface area contributed by atoms with Crippen molar-refractivity contribution < 1.29 is 9.13 Å². The molecule has 0 aliphatic carbocycles. The van der Waals surface area contributed by atoms with Crippen LogP contribution in [0.5, 0.6) is 5.75 Å². The molecule has 5 heteroatoms. The first-order chi connectivity index (χ1) is 12.7. The number of methoxy groups -OCH3 is 1. The summed E-state index contributed by atoms with van der Waals surface area (Å²) in [6.45, 7) is 1.85. The summed E-state index contributed by atoms with van der Waals surface area (Å²) in [5, 5.41) is 4.63. The highest BCUT2D eigenvalue weighted by Gasteiger charge is 2.26. The lowest BCUT2D eigenvalue weighted by Crippen LogP contribution is -2.23. The summed E-state index contributed by atoms with van der Waals surface area (Å²) < 4.78 is 20.4. The molecule has 0 saturated carbocycles. The predicted octanol–water partition coefficient (Wildman–Crippen LogP) is 4.36. The molecule has 0 spiro atoms. The van der Waals surface area contributed by atoms with Gasteiger partial charge in [0.15, 0.2) is 0 Å². The summed E-state index contributed by atoms with van der Waals surface area (Å²) >= 11 is 0. The van der Waals surface area contributed by atoms with Gasteiger partial charge in [-0.25, -0.2) is 9.07 Å². The fourth-order valence-electron chi connectivity index (χ4n) is 3.64. The van der Waals surface area contributed by atoms with Crippen molar-refractivity contribution in [2.24, 2.45) is 0 Å². The number of halogens is 1. The third kappa shape index (κ3) is 3.48. The van der Waals surface area contributed by atoms with E-state index in [0.717, 1.165) is 36.6 Å². The Morgan fingerprint density at radius 1 is 1.15 bits per heavy atom. The molecule has 1 aromatic heterocycles. The molecule has 2 heterocycles. The first kappa shape index (κ1) is 16.8. The van der Waals surface area contributed by atoms with E-state index in [1.807, 2.05) is 30.5 Å². The number of nitrogens with zero attached hydrogens (tertiary/aromatic N) is 3. The van der Waals surface area contributed by atoms with Gasteiger partial charge in [0.1, 0.15) is 11.6 Å². The molecule has 2 aromatic carbocycles. The zero-order valence-corrected chi connectivity index (χ0v) is 14.8. The lowest BCUT2D eigenvalue weighted by Gasteiger charge is -2.24. The lowest BCUT2D eigenvalue weighted by molar-refractivity contribution is 0.245. The number of likely N-dealkylation sites (tertiary alicyclic amines) is 1. The van der Waals surface area contributed by atoms with E-state index in [9.17, 15) is 4.39 Å². The van der Waals surface area contributed by atoms with Crippen molar-refractivity contribution in [2.75, 3.05) is 13.7 Å². The number of hydrogen-bond acceptors (Lipinski definition) is 3. The Balaban J connectivity index is 1.49. The zero-order valence-electron chi connectivity index (χ0n) is 14.8. The Labute approximate surface area is 152 Å². The summed E-state index contributed by atoms with van der Waals surface area (Å²) in [6.07, 6.45) is 4.22. The normalized spacial score (nSPS) is 17.5. The van der Waals surface area contributed by atoms with E-state index in [0.29, 0.717) is 6.04 Å². The Morgan fingerprint density at radius 2 is 2.00 bits per heavy atom. The molecule has 3 aromatic rings. The van der Waals surface area contributed by atoms with Crippen molar-refractivity contribution in [1.29, 1.82) is 0 Å². The molecule has 0 N–H and O–H groups in total. The minimum atomic E-state index is -0.251. The van der Waals surface area contributed by atoms with Crippen LogP contribution >= 0.6 is 0 Å². The second-order valence-electron chi connectivity index (χ2n) is 6.63. The van der Waals surface area contributed by atoms with Gasteiger partial charge < -0.3 is 4.74 Å². The molecule has 0 unspecified atom stereocenters. The maximum atomic E-state index is 13.4. The predicted molar refractivity (Wildman–Crippen MR) is 98.9 cm³/mol. The van der Waals surface area contributed by atoms with Crippen LogP contribution in [0, 0.1) is 5.82 Å². The van der Waals surface area contributed by atoms with Crippen LogP contribution in [0.1, 0.15) is 30.1 Å². The van der Waals surface area contributed by atoms with E-state index in [4.69, 9.17) is 4.74 Å². The van der Waals surface area contributed by atoms with Gasteiger partial charge in [-0.2, -0.15) is 5.10 Å². The van der Waals surface area contributed by atoms with Gasteiger partial charge in [0.25, 0.3) is 0 Å². The van der Waals surface area contributed by atoms with E-state index < -0.39 is 0 Å². The molecule has 1 saturated heterocycles. The second-order valence-corrected chi connectivity index (χ2v) is 6.63. The summed E-state index contributed by atoms with van der Waals surface area (Å²) in [6, 6.07) is 17.2. The Morgan fingerprint density at radius 3 is 2.77 bits per heavy atom. The van der Waals surface area contributed by atoms with Gasteiger partial charge in [0, 0.05) is 18.8 Å². The van der Waals surface area contributed by atoms with Crippen molar-refractivity contribution >= 4 is 0 Å². The molecule has 26 heavy (non-hydrogen) atoms. The number of benzene rings is 2. The van der Waals surface area contributed by atoms with Crippen molar-refractivity contribution in [3.63, 3.8) is 0 Å². The molecule has 0 radical (unpaired) electrons. The topological polar surface area (TPSA) is 30.3 Å². The molecule has 1 aliphatic heterocycles. The quantitative estimate of drug-likeness (QED) is 0.684. The Bertz CT molecular complexity index is 875. The van der Waals surface area contributed by atoms with Crippen LogP contribution in [-0.2, 0) is 6.54 Å². The van der Waals surface area contributed by atoms with Gasteiger partial charge in [0.2, 0.25) is 0 Å². The van der Waals surface area contributed by atoms with E-state index in [-0.39, 0.29) is 5.82 Å². The van der Waals surface area contributed by atoms with Crippen molar-refractivity contribution in [1.82, 2.24) is 14.7 Å². The monoisotopic (exact) mass is 351 g/mol. The third-order valence-corrected chi connectivity index (χ3v) is 4.95. The molecule has 4 nitrogen and oxygen atoms in total. The first-order valence-electron chi connectivity index (χ1n) is 8.91. The summed E-state index contributed by atoms with van der Waals surface area (Å²) in [5.74, 6) is 0.630. The largest absolute Gasteiger partial charge is 0.497 e. The molecule has 134 valence electrons. The Hall–Kier alpha value is -2.66. The molecule has 4 rings (SSSR count). The SMILES string of the molecule is COc1ccc([C@H]2CCCN2Cc2ccn(-c3cccc(F)c3)n2)cc1. The van der Waals surface area contributed by atoms with Crippen LogP contribution in [0.15, 0.2) is 60.8 Å². The van der Waals surface area contributed by atoms with Crippen LogP contribution in [0.2, 0.25) is 0 Å². The maximum Gasteiger partial charge on any atom is 0.125 e. The van der Waals surface area contributed by atoms with Crippen LogP contribution in [0.25, 0.3) is 5.69 Å². The minimum absolute atomic E-state index is 0.251. The summed E-state index contributed by atoms with van der Waals surface area (Å²) in [4.78, 5) is 2.46. The molecule has 1 fully saturated rings. The maximum absolute atomic E-state index is 13.4. The van der Waals surface area contributed by atoms with Gasteiger partial charge in [-0.3, -0.25) is 4.90 Å². The second kappa shape index (κ2) is 7.30. The fraction of sp³-hybridized carbons (Fsp3) is 0.286. The Kier molecular flexibility index (Phi) is 4.71. The van der Waals surface area contributed by atoms with Crippen molar-refractivity contribution in [3.05, 3.63) is 77.9 Å². The first-order valence-corrected chi connectivity index (χ1v) is 8.91. The van der Waals surface area contributed by atoms with Gasteiger partial charge in [-0.15, -0.1) is 0 Å². The average Bonchev–Trinajstić information content (AvgIpc) is 3.32. The van der Waals surface area contributed by atoms with E-state index in [1.165, 1.54) is 24.1 Å². The zero-order chi connectivity index (χ0) is 17.9. The summed E-state index contributed by atoms with van der Waals surface area (Å²) in [5.41, 5.74) is 3.05. The standard InChI is InChI=1S/C21H22FN3O/c1-26-20-9-7-16(8-10-20)21-6-3-12-24(21)15-18-11-13-25(23-18)19-5-2-4-17(22)14-19/h2,4-5,7-11,13-14,21H,3,6,12,15H2,1H3/t21-/m1/s1. The van der Waals surface area contributed by atoms with Crippen molar-refractivity contribution in [3.8, 4) is 11.4 Å². The number of hydrogen-bond donors (Lipinski definition) is 0. The van der Waals surface area contributed by atoms with Crippen LogP contribution in [0.3, 0.4) is 0 Å². The molecule has 0 bridgehead atoms. The highest BCUT2D eigenvalue weighted by Crippen LogP contribution is 2.33. The number of ether oxygens (including phenoxy) is 1. The molecule has 1 atom stereocenters. The lowest BCUT2D eigenvalue weighted by atomic mass is 10.0. The molecule has 0 amide bonds. The molecular formula is C21H22FN3O. The minimum Gasteiger partial charge on any atom is -0.497 e. The third-order valence-electron chi connectivity index (χ3n) is 4.95. The van der Waals surface area contributed by atoms with Gasteiger partial charge in [-0.1, -0.05) is 18.2 Å². The van der Waals surface area contributed by atoms with Crippen LogP contribution in [0.4, 0.5) is 4.39 Å². The number of aromatic nitrogens is 2. The average molecular weight is 351 g/mol. The van der Waals surface area contributed by atoms with E-state index in [2.05, 4.69) is 22.1 Å². The van der Waals surface area contributed by atoms with Gasteiger partial charge in [-0.05, 0) is 61.3 Å². The van der Waals surface area contributed by atoms with Gasteiger partial charge in [0.05, 0.1) is 18.5 Å². The highest BCUT2D eigenvalue weighted by molar-refractivity contribution is 5.32. The van der Waals surface area contributed by atoms with Crippen molar-refractivity contribution in [2.45, 2.75) is 25.4 Å². The van der Waals surface area contributed by atoms with Crippen LogP contribution < -0.4 is 4.74 Å². The molecular weight excluding hydrogens is 329 g/mol. The summed E-state index contributed by atoms with van der Waals surface area (Å²) in [7, 11) is 1.69. The van der Waals surface area contributed by atoms with E-state index in [1.54, 1.807) is 17.9 Å². The van der Waals surface area contributed by atoms with Crippen LogP contribution in [-0.4, -0.2) is 28.3 Å². The molecule has 1 aliphatic rings. The van der Waals surface area contributed by atoms with Gasteiger partial charge >= 0.3 is 0 Å². The highest BCUT2D eigenvalue weighted by atomic mass is 19.1. The van der Waals surface area contributed by atoms with E-state index >= 15 is 0 Å². The smallest absolute Gasteiger partial charge is 0.125 e.